The van der Waals surface area contributed by atoms with Crippen LogP contribution in [-0.2, 0) is 10.1 Å². The van der Waals surface area contributed by atoms with Crippen LogP contribution in [0.25, 0.3) is 10.8 Å². The Bertz CT molecular complexity index is 1080. The minimum atomic E-state index is -4.44. The van der Waals surface area contributed by atoms with Crippen LogP contribution in [0.2, 0.25) is 5.02 Å². The largest absolute Gasteiger partial charge is 1.00 e. The molecule has 3 aromatic carbocycles. The molecule has 0 unspecified atom stereocenters. The second kappa shape index (κ2) is 7.82. The predicted octanol–water partition coefficient (Wildman–Crippen LogP) is 1.85. The van der Waals surface area contributed by atoms with Crippen LogP contribution < -0.4 is 35.3 Å². The van der Waals surface area contributed by atoms with Crippen molar-refractivity contribution in [3.05, 3.63) is 59.6 Å². The number of nitrogens with two attached hydrogens (primary N) is 1. The Balaban J connectivity index is 0.00000169. The number of fused-ring (bicyclic) bond motifs is 1. The smallest absolute Gasteiger partial charge is 1.00 e. The molecule has 0 fully saturated rings. The summed E-state index contributed by atoms with van der Waals surface area (Å²) < 4.78 is 32.8. The van der Waals surface area contributed by atoms with E-state index in [-0.39, 0.29) is 47.3 Å². The fourth-order valence-electron chi connectivity index (χ4n) is 2.30. The van der Waals surface area contributed by atoms with Crippen molar-refractivity contribution in [1.82, 2.24) is 0 Å². The first-order valence-corrected chi connectivity index (χ1v) is 8.64. The molecule has 0 amide bonds. The zero-order chi connectivity index (χ0) is 17.3. The predicted molar refractivity (Wildman–Crippen MR) is 94.9 cm³/mol. The van der Waals surface area contributed by atoms with Crippen molar-refractivity contribution in [2.75, 3.05) is 5.73 Å². The van der Waals surface area contributed by atoms with Gasteiger partial charge in [-0.1, -0.05) is 41.9 Å². The van der Waals surface area contributed by atoms with Gasteiger partial charge < -0.3 is 7.16 Å². The zero-order valence-corrected chi connectivity index (χ0v) is 16.8. The molecule has 3 N–H and O–H groups in total. The molecule has 124 valence electrons. The van der Waals surface area contributed by atoms with E-state index in [1.54, 1.807) is 48.5 Å². The summed E-state index contributed by atoms with van der Waals surface area (Å²) >= 11 is 5.88. The summed E-state index contributed by atoms with van der Waals surface area (Å²) in [7, 11) is -4.44. The van der Waals surface area contributed by atoms with E-state index in [1.165, 1.54) is 6.07 Å². The summed E-state index contributed by atoms with van der Waals surface area (Å²) in [6, 6.07) is 14.5. The van der Waals surface area contributed by atoms with Crippen molar-refractivity contribution in [3.63, 3.8) is 0 Å². The average Bonchev–Trinajstić information content (AvgIpc) is 2.53. The monoisotopic (exact) mass is 385 g/mol. The molecule has 6 nitrogen and oxygen atoms in total. The van der Waals surface area contributed by atoms with Crippen LogP contribution in [0.15, 0.2) is 69.7 Å². The number of nitrogens with zero attached hydrogens (tertiary/aromatic N) is 2. The minimum Gasteiger partial charge on any atom is -1.00 e. The van der Waals surface area contributed by atoms with Gasteiger partial charge in [-0.25, -0.2) is 0 Å². The molecular weight excluding hydrogens is 373 g/mol. The molecule has 0 aliphatic carbocycles. The summed E-state index contributed by atoms with van der Waals surface area (Å²) in [6.45, 7) is 0. The quantitative estimate of drug-likeness (QED) is 0.310. The molecule has 0 heterocycles. The van der Waals surface area contributed by atoms with Crippen LogP contribution in [0.4, 0.5) is 17.1 Å². The number of rotatable bonds is 3. The van der Waals surface area contributed by atoms with E-state index in [9.17, 15) is 13.0 Å². The number of nitrogen functional groups attached to an aromatic ring is 1. The number of benzene rings is 3. The van der Waals surface area contributed by atoms with Crippen molar-refractivity contribution >= 4 is 49.6 Å². The Morgan fingerprint density at radius 2 is 1.68 bits per heavy atom. The second-order valence-electron chi connectivity index (χ2n) is 5.01. The van der Waals surface area contributed by atoms with Crippen LogP contribution in [0, 0.1) is 0 Å². The van der Waals surface area contributed by atoms with Crippen LogP contribution in [-0.4, -0.2) is 13.0 Å². The van der Waals surface area contributed by atoms with E-state index in [1.807, 2.05) is 0 Å². The molecule has 25 heavy (non-hydrogen) atoms. The normalized spacial score (nSPS) is 11.6. The molecule has 0 atom stereocenters. The van der Waals surface area contributed by atoms with Gasteiger partial charge in [-0.05, 0) is 24.3 Å². The number of halogens is 1. The Kier molecular flexibility index (Phi) is 6.21. The summed E-state index contributed by atoms with van der Waals surface area (Å²) in [5.74, 6) is 0. The summed E-state index contributed by atoms with van der Waals surface area (Å²) in [5, 5.41) is 9.30. The molecule has 0 saturated carbocycles. The molecule has 0 radical (unpaired) electrons. The molecule has 0 bridgehead atoms. The molecular formula is C16H13ClN3NaO3S. The molecule has 3 aromatic rings. The second-order valence-corrected chi connectivity index (χ2v) is 6.83. The van der Waals surface area contributed by atoms with E-state index in [4.69, 9.17) is 17.3 Å². The zero-order valence-electron chi connectivity index (χ0n) is 14.2. The molecule has 0 aliphatic rings. The Hall–Kier alpha value is -1.48. The van der Waals surface area contributed by atoms with Gasteiger partial charge in [0.05, 0.1) is 11.4 Å². The van der Waals surface area contributed by atoms with Gasteiger partial charge >= 0.3 is 29.6 Å². The molecule has 9 heteroatoms. The first-order valence-electron chi connectivity index (χ1n) is 6.82. The van der Waals surface area contributed by atoms with Gasteiger partial charge in [-0.2, -0.15) is 13.5 Å². The fourth-order valence-corrected chi connectivity index (χ4v) is 3.20. The molecule has 0 spiro atoms. The van der Waals surface area contributed by atoms with Crippen molar-refractivity contribution in [2.24, 2.45) is 10.2 Å². The Morgan fingerprint density at radius 3 is 2.32 bits per heavy atom. The summed E-state index contributed by atoms with van der Waals surface area (Å²) in [5.41, 5.74) is 6.97. The maximum Gasteiger partial charge on any atom is 1.00 e. The maximum atomic E-state index is 11.7. The van der Waals surface area contributed by atoms with Crippen molar-refractivity contribution in [3.8, 4) is 0 Å². The standard InChI is InChI=1S/C16H12ClN3O3S.Na.H/c17-10-4-3-5-11(8-10)19-20-14-9-15(24(21,22)23)12-6-1-2-7-13(12)16(14)18;;/h1-9H,18H2,(H,21,22,23);;/q;+1;-1. The number of anilines is 1. The van der Waals surface area contributed by atoms with Crippen molar-refractivity contribution < 1.29 is 44.0 Å². The third kappa shape index (κ3) is 4.38. The van der Waals surface area contributed by atoms with Gasteiger partial charge in [-0.15, -0.1) is 5.11 Å². The van der Waals surface area contributed by atoms with E-state index >= 15 is 0 Å². The van der Waals surface area contributed by atoms with Crippen LogP contribution in [0.1, 0.15) is 1.43 Å². The average molecular weight is 386 g/mol. The number of hydrogen-bond donors (Lipinski definition) is 2. The molecule has 0 saturated heterocycles. The maximum absolute atomic E-state index is 11.7. The van der Waals surface area contributed by atoms with Gasteiger partial charge in [-0.3, -0.25) is 4.55 Å². The van der Waals surface area contributed by atoms with E-state index in [0.29, 0.717) is 21.5 Å². The van der Waals surface area contributed by atoms with Gasteiger partial charge in [0.1, 0.15) is 10.6 Å². The van der Waals surface area contributed by atoms with E-state index in [0.717, 1.165) is 0 Å². The van der Waals surface area contributed by atoms with Crippen LogP contribution in [0.3, 0.4) is 0 Å². The van der Waals surface area contributed by atoms with Gasteiger partial charge in [0.25, 0.3) is 10.1 Å². The SMILES string of the molecule is Nc1c(N=Nc2cccc(Cl)c2)cc(S(=O)(=O)O)c2ccccc12.[H-].[Na+]. The third-order valence-corrected chi connectivity index (χ3v) is 4.51. The number of hydrogen-bond acceptors (Lipinski definition) is 5. The Labute approximate surface area is 173 Å². The summed E-state index contributed by atoms with van der Waals surface area (Å²) in [4.78, 5) is -0.271. The first kappa shape index (κ1) is 19.8. The van der Waals surface area contributed by atoms with Crippen LogP contribution in [0.5, 0.6) is 0 Å². The number of azo groups is 1. The van der Waals surface area contributed by atoms with E-state index < -0.39 is 10.1 Å². The van der Waals surface area contributed by atoms with Crippen molar-refractivity contribution in [1.29, 1.82) is 0 Å². The third-order valence-electron chi connectivity index (χ3n) is 3.39. The molecule has 3 rings (SSSR count). The van der Waals surface area contributed by atoms with Gasteiger partial charge in [0, 0.05) is 15.8 Å². The Morgan fingerprint density at radius 1 is 1.00 bits per heavy atom. The minimum absolute atomic E-state index is 0. The molecule has 0 aliphatic heterocycles. The fraction of sp³-hybridized carbons (Fsp3) is 0. The molecule has 0 aromatic heterocycles. The van der Waals surface area contributed by atoms with Gasteiger partial charge in [0.15, 0.2) is 0 Å². The van der Waals surface area contributed by atoms with Gasteiger partial charge in [0.2, 0.25) is 0 Å². The van der Waals surface area contributed by atoms with Crippen LogP contribution >= 0.6 is 11.6 Å². The van der Waals surface area contributed by atoms with E-state index in [2.05, 4.69) is 10.2 Å². The summed E-state index contributed by atoms with van der Waals surface area (Å²) in [6.07, 6.45) is 0. The topological polar surface area (TPSA) is 105 Å². The first-order chi connectivity index (χ1) is 11.4. The van der Waals surface area contributed by atoms with Crippen molar-refractivity contribution in [2.45, 2.75) is 4.90 Å².